The van der Waals surface area contributed by atoms with E-state index in [2.05, 4.69) is 20.6 Å². The molecule has 0 radical (unpaired) electrons. The average Bonchev–Trinajstić information content (AvgIpc) is 3.23. The third-order valence-electron chi connectivity index (χ3n) is 3.80. The largest absolute Gasteiger partial charge is 0.459 e. The van der Waals surface area contributed by atoms with E-state index >= 15 is 0 Å². The zero-order valence-corrected chi connectivity index (χ0v) is 14.0. The second-order valence-electron chi connectivity index (χ2n) is 5.71. The highest BCUT2D eigenvalue weighted by Gasteiger charge is 2.12. The summed E-state index contributed by atoms with van der Waals surface area (Å²) < 4.78 is 5.06. The lowest BCUT2D eigenvalue weighted by Crippen LogP contribution is -2.15. The molecule has 7 nitrogen and oxygen atoms in total. The van der Waals surface area contributed by atoms with Crippen molar-refractivity contribution in [2.75, 3.05) is 10.6 Å². The van der Waals surface area contributed by atoms with Gasteiger partial charge in [-0.05, 0) is 42.5 Å². The van der Waals surface area contributed by atoms with Crippen LogP contribution in [0, 0.1) is 0 Å². The van der Waals surface area contributed by atoms with Crippen molar-refractivity contribution in [3.8, 4) is 0 Å². The number of carbonyl (C=O) groups is 2. The SMILES string of the molecule is O=C(Nc1cccc(NC(=O)c2ccco2)c1)c1cnc2ccccc2n1. The van der Waals surface area contributed by atoms with Gasteiger partial charge < -0.3 is 15.1 Å². The highest BCUT2D eigenvalue weighted by atomic mass is 16.3. The Morgan fingerprint density at radius 1 is 0.815 bits per heavy atom. The number of hydrogen-bond acceptors (Lipinski definition) is 5. The maximum absolute atomic E-state index is 12.5. The molecule has 2 aromatic heterocycles. The normalized spacial score (nSPS) is 10.5. The number of para-hydroxylation sites is 2. The number of furan rings is 1. The Morgan fingerprint density at radius 3 is 2.30 bits per heavy atom. The molecular weight excluding hydrogens is 344 g/mol. The van der Waals surface area contributed by atoms with E-state index in [9.17, 15) is 9.59 Å². The predicted molar refractivity (Wildman–Crippen MR) is 101 cm³/mol. The summed E-state index contributed by atoms with van der Waals surface area (Å²) in [5.41, 5.74) is 2.62. The van der Waals surface area contributed by atoms with Crippen LogP contribution in [0.5, 0.6) is 0 Å². The molecule has 0 aliphatic heterocycles. The van der Waals surface area contributed by atoms with Crippen molar-refractivity contribution in [2.45, 2.75) is 0 Å². The molecule has 7 heteroatoms. The molecule has 0 unspecified atom stereocenters. The van der Waals surface area contributed by atoms with E-state index in [1.54, 1.807) is 42.5 Å². The van der Waals surface area contributed by atoms with Crippen LogP contribution >= 0.6 is 0 Å². The highest BCUT2D eigenvalue weighted by Crippen LogP contribution is 2.17. The van der Waals surface area contributed by atoms with Gasteiger partial charge in [-0.25, -0.2) is 4.98 Å². The first-order chi connectivity index (χ1) is 13.2. The second kappa shape index (κ2) is 7.09. The lowest BCUT2D eigenvalue weighted by molar-refractivity contribution is 0.0994. The molecule has 0 fully saturated rings. The van der Waals surface area contributed by atoms with E-state index in [1.165, 1.54) is 12.5 Å². The van der Waals surface area contributed by atoms with Gasteiger partial charge in [-0.1, -0.05) is 18.2 Å². The topological polar surface area (TPSA) is 97.1 Å². The summed E-state index contributed by atoms with van der Waals surface area (Å²) in [6, 6.07) is 17.3. The van der Waals surface area contributed by atoms with Crippen LogP contribution in [0.25, 0.3) is 11.0 Å². The number of aromatic nitrogens is 2. The highest BCUT2D eigenvalue weighted by molar-refractivity contribution is 6.05. The number of carbonyl (C=O) groups excluding carboxylic acids is 2. The summed E-state index contributed by atoms with van der Waals surface area (Å²) in [7, 11) is 0. The van der Waals surface area contributed by atoms with Crippen LogP contribution in [0.15, 0.2) is 77.5 Å². The molecule has 2 N–H and O–H groups in total. The quantitative estimate of drug-likeness (QED) is 0.579. The van der Waals surface area contributed by atoms with Crippen LogP contribution in [-0.4, -0.2) is 21.8 Å². The number of nitrogens with one attached hydrogen (secondary N) is 2. The molecule has 4 aromatic rings. The number of amides is 2. The Bertz CT molecular complexity index is 1120. The molecule has 4 rings (SSSR count). The van der Waals surface area contributed by atoms with Crippen molar-refractivity contribution >= 4 is 34.2 Å². The van der Waals surface area contributed by atoms with E-state index in [4.69, 9.17) is 4.42 Å². The van der Waals surface area contributed by atoms with Crippen LogP contribution < -0.4 is 10.6 Å². The number of anilines is 2. The summed E-state index contributed by atoms with van der Waals surface area (Å²) in [5.74, 6) is -0.553. The van der Waals surface area contributed by atoms with Gasteiger partial charge in [-0.2, -0.15) is 0 Å². The molecule has 0 saturated carbocycles. The Labute approximate surface area is 154 Å². The van der Waals surface area contributed by atoms with Crippen LogP contribution in [0.3, 0.4) is 0 Å². The number of benzene rings is 2. The molecule has 2 aromatic carbocycles. The monoisotopic (exact) mass is 358 g/mol. The summed E-state index contributed by atoms with van der Waals surface area (Å²) in [6.45, 7) is 0. The Balaban J connectivity index is 1.50. The molecule has 0 atom stereocenters. The molecule has 2 amide bonds. The zero-order chi connectivity index (χ0) is 18.6. The molecule has 0 saturated heterocycles. The summed E-state index contributed by atoms with van der Waals surface area (Å²) in [6.07, 6.45) is 2.86. The fourth-order valence-corrected chi connectivity index (χ4v) is 2.54. The fraction of sp³-hybridized carbons (Fsp3) is 0. The predicted octanol–water partition coefficient (Wildman–Crippen LogP) is 3.73. The third-order valence-corrected chi connectivity index (χ3v) is 3.80. The van der Waals surface area contributed by atoms with Crippen LogP contribution in [0.1, 0.15) is 21.0 Å². The lowest BCUT2D eigenvalue weighted by atomic mass is 10.2. The minimum Gasteiger partial charge on any atom is -0.459 e. The molecule has 132 valence electrons. The molecular formula is C20H14N4O3. The van der Waals surface area contributed by atoms with Crippen molar-refractivity contribution in [3.05, 3.63) is 84.6 Å². The fourth-order valence-electron chi connectivity index (χ4n) is 2.54. The van der Waals surface area contributed by atoms with E-state index < -0.39 is 0 Å². The number of nitrogens with zero attached hydrogens (tertiary/aromatic N) is 2. The number of rotatable bonds is 4. The van der Waals surface area contributed by atoms with Crippen LogP contribution in [0.4, 0.5) is 11.4 Å². The standard InChI is InChI=1S/C20H14N4O3/c25-19(17-12-21-15-7-1-2-8-16(15)24-17)22-13-5-3-6-14(11-13)23-20(26)18-9-4-10-27-18/h1-12H,(H,22,25)(H,23,26). The zero-order valence-electron chi connectivity index (χ0n) is 14.0. The average molecular weight is 358 g/mol. The van der Waals surface area contributed by atoms with E-state index in [1.807, 2.05) is 18.2 Å². The van der Waals surface area contributed by atoms with Gasteiger partial charge in [0.25, 0.3) is 11.8 Å². The van der Waals surface area contributed by atoms with Gasteiger partial charge in [0.1, 0.15) is 5.69 Å². The lowest BCUT2D eigenvalue weighted by Gasteiger charge is -2.08. The third kappa shape index (κ3) is 3.67. The van der Waals surface area contributed by atoms with Gasteiger partial charge in [0.05, 0.1) is 23.5 Å². The van der Waals surface area contributed by atoms with Crippen molar-refractivity contribution in [3.63, 3.8) is 0 Å². The summed E-state index contributed by atoms with van der Waals surface area (Å²) in [5, 5.41) is 5.47. The van der Waals surface area contributed by atoms with Crippen molar-refractivity contribution < 1.29 is 14.0 Å². The van der Waals surface area contributed by atoms with E-state index in [0.717, 1.165) is 5.52 Å². The van der Waals surface area contributed by atoms with Gasteiger partial charge in [0.15, 0.2) is 5.76 Å². The summed E-state index contributed by atoms with van der Waals surface area (Å²) in [4.78, 5) is 33.1. The Kier molecular flexibility index (Phi) is 4.32. The summed E-state index contributed by atoms with van der Waals surface area (Å²) >= 11 is 0. The second-order valence-corrected chi connectivity index (χ2v) is 5.71. The van der Waals surface area contributed by atoms with Gasteiger partial charge in [0.2, 0.25) is 0 Å². The van der Waals surface area contributed by atoms with Crippen molar-refractivity contribution in [1.82, 2.24) is 9.97 Å². The first kappa shape index (κ1) is 16.5. The van der Waals surface area contributed by atoms with E-state index in [-0.39, 0.29) is 23.3 Å². The smallest absolute Gasteiger partial charge is 0.291 e. The maximum Gasteiger partial charge on any atom is 0.291 e. The minimum absolute atomic E-state index is 0.205. The maximum atomic E-state index is 12.5. The Hall–Kier alpha value is -4.00. The van der Waals surface area contributed by atoms with Gasteiger partial charge in [0, 0.05) is 11.4 Å². The molecule has 0 bridgehead atoms. The minimum atomic E-state index is -0.386. The first-order valence-corrected chi connectivity index (χ1v) is 8.17. The molecule has 27 heavy (non-hydrogen) atoms. The van der Waals surface area contributed by atoms with Crippen LogP contribution in [0.2, 0.25) is 0 Å². The van der Waals surface area contributed by atoms with Crippen LogP contribution in [-0.2, 0) is 0 Å². The van der Waals surface area contributed by atoms with E-state index in [0.29, 0.717) is 16.9 Å². The van der Waals surface area contributed by atoms with Gasteiger partial charge >= 0.3 is 0 Å². The van der Waals surface area contributed by atoms with Crippen molar-refractivity contribution in [1.29, 1.82) is 0 Å². The molecule has 0 spiro atoms. The Morgan fingerprint density at radius 2 is 1.56 bits per heavy atom. The molecule has 0 aliphatic carbocycles. The van der Waals surface area contributed by atoms with Crippen molar-refractivity contribution in [2.24, 2.45) is 0 Å². The van der Waals surface area contributed by atoms with Gasteiger partial charge in [-0.3, -0.25) is 14.6 Å². The van der Waals surface area contributed by atoms with Gasteiger partial charge in [-0.15, -0.1) is 0 Å². The number of fused-ring (bicyclic) bond motifs is 1. The molecule has 2 heterocycles. The number of hydrogen-bond donors (Lipinski definition) is 2. The first-order valence-electron chi connectivity index (χ1n) is 8.17. The molecule has 0 aliphatic rings.